The summed E-state index contributed by atoms with van der Waals surface area (Å²) in [5, 5.41) is 10.0. The normalized spacial score (nSPS) is 55.9. The molecule has 1 heterocycles. The smallest absolute Gasteiger partial charge is 0.0975 e. The fourth-order valence-electron chi connectivity index (χ4n) is 6.64. The standard InChI is InChI=1S/C20H28O2/c1-18-8-5-14(21)11-13(18)3-4-15-16(18)6-9-19(2)17(15)7-10-20(19)12-22-20/h3-4,14,16-17,21H,5-12H2,1-2H3/t14-,16-,17-,18-,19-,20+/m0/s1. The maximum atomic E-state index is 10.0. The van der Waals surface area contributed by atoms with E-state index in [-0.39, 0.29) is 11.7 Å². The molecular weight excluding hydrogens is 272 g/mol. The first-order valence-electron chi connectivity index (χ1n) is 9.22. The number of allylic oxidation sites excluding steroid dienone is 3. The van der Waals surface area contributed by atoms with Crippen LogP contribution < -0.4 is 0 Å². The van der Waals surface area contributed by atoms with Crippen LogP contribution in [-0.4, -0.2) is 23.4 Å². The second-order valence-corrected chi connectivity index (χ2v) is 9.06. The SMILES string of the molecule is C[C@]12CC[C@H](O)CC1=CC=C1[C@@H]2CC[C@@]2(C)[C@H]1CC[C@@]21CO1. The van der Waals surface area contributed by atoms with Crippen LogP contribution in [0.4, 0.5) is 0 Å². The van der Waals surface area contributed by atoms with Crippen LogP contribution in [-0.2, 0) is 4.74 Å². The van der Waals surface area contributed by atoms with Crippen LogP contribution in [0.25, 0.3) is 0 Å². The van der Waals surface area contributed by atoms with Crippen molar-refractivity contribution in [3.05, 3.63) is 23.3 Å². The van der Waals surface area contributed by atoms with Gasteiger partial charge in [0.15, 0.2) is 0 Å². The molecule has 0 amide bonds. The van der Waals surface area contributed by atoms with Gasteiger partial charge in [-0.05, 0) is 62.2 Å². The second kappa shape index (κ2) is 4.08. The third-order valence-corrected chi connectivity index (χ3v) is 8.33. The van der Waals surface area contributed by atoms with Gasteiger partial charge < -0.3 is 9.84 Å². The van der Waals surface area contributed by atoms with Crippen LogP contribution in [0.3, 0.4) is 0 Å². The predicted octanol–water partition coefficient (Wildman–Crippen LogP) is 4.00. The summed E-state index contributed by atoms with van der Waals surface area (Å²) in [5.74, 6) is 1.45. The average Bonchev–Trinajstić information content (AvgIpc) is 3.22. The van der Waals surface area contributed by atoms with E-state index in [1.54, 1.807) is 5.57 Å². The number of rotatable bonds is 0. The Labute approximate surface area is 133 Å². The van der Waals surface area contributed by atoms with Gasteiger partial charge in [-0.25, -0.2) is 0 Å². The molecule has 4 fully saturated rings. The van der Waals surface area contributed by atoms with E-state index >= 15 is 0 Å². The Morgan fingerprint density at radius 3 is 2.59 bits per heavy atom. The zero-order chi connectivity index (χ0) is 15.2. The fraction of sp³-hybridized carbons (Fsp3) is 0.800. The first-order chi connectivity index (χ1) is 10.5. The van der Waals surface area contributed by atoms with Crippen LogP contribution in [0.5, 0.6) is 0 Å². The van der Waals surface area contributed by atoms with Crippen molar-refractivity contribution in [2.45, 2.75) is 70.5 Å². The quantitative estimate of drug-likeness (QED) is 0.686. The Kier molecular flexibility index (Phi) is 2.56. The Morgan fingerprint density at radius 2 is 1.82 bits per heavy atom. The number of ether oxygens (including phenoxy) is 1. The summed E-state index contributed by atoms with van der Waals surface area (Å²) in [5.41, 5.74) is 4.16. The Morgan fingerprint density at radius 1 is 1.05 bits per heavy atom. The van der Waals surface area contributed by atoms with Crippen molar-refractivity contribution in [2.24, 2.45) is 22.7 Å². The van der Waals surface area contributed by atoms with Crippen LogP contribution >= 0.6 is 0 Å². The van der Waals surface area contributed by atoms with Gasteiger partial charge in [-0.1, -0.05) is 37.1 Å². The van der Waals surface area contributed by atoms with Gasteiger partial charge in [-0.2, -0.15) is 0 Å². The highest BCUT2D eigenvalue weighted by molar-refractivity contribution is 5.40. The molecule has 1 aliphatic heterocycles. The van der Waals surface area contributed by atoms with E-state index in [1.165, 1.54) is 31.3 Å². The highest BCUT2D eigenvalue weighted by Crippen LogP contribution is 2.69. The van der Waals surface area contributed by atoms with Crippen molar-refractivity contribution >= 4 is 0 Å². The molecule has 0 bridgehead atoms. The molecule has 0 aromatic carbocycles. The molecule has 0 aromatic rings. The predicted molar refractivity (Wildman–Crippen MR) is 86.4 cm³/mol. The highest BCUT2D eigenvalue weighted by Gasteiger charge is 2.68. The van der Waals surface area contributed by atoms with Crippen LogP contribution in [0.15, 0.2) is 23.3 Å². The lowest BCUT2D eigenvalue weighted by atomic mass is 9.50. The lowest BCUT2D eigenvalue weighted by molar-refractivity contribution is 0.0338. The number of hydrogen-bond donors (Lipinski definition) is 1. The first-order valence-corrected chi connectivity index (χ1v) is 9.22. The molecule has 6 atom stereocenters. The van der Waals surface area contributed by atoms with E-state index in [0.29, 0.717) is 16.7 Å². The Balaban J connectivity index is 1.56. The molecule has 0 unspecified atom stereocenters. The van der Waals surface area contributed by atoms with Gasteiger partial charge in [0.25, 0.3) is 0 Å². The van der Waals surface area contributed by atoms with Gasteiger partial charge in [-0.15, -0.1) is 0 Å². The number of aliphatic hydroxyl groups excluding tert-OH is 1. The first kappa shape index (κ1) is 13.8. The van der Waals surface area contributed by atoms with Gasteiger partial charge in [0.2, 0.25) is 0 Å². The number of hydrogen-bond acceptors (Lipinski definition) is 2. The third-order valence-electron chi connectivity index (χ3n) is 8.33. The third kappa shape index (κ3) is 1.49. The molecule has 2 heteroatoms. The van der Waals surface area contributed by atoms with Crippen LogP contribution in [0.1, 0.15) is 58.8 Å². The van der Waals surface area contributed by atoms with E-state index in [1.807, 2.05) is 0 Å². The lowest BCUT2D eigenvalue weighted by Crippen LogP contribution is -2.47. The monoisotopic (exact) mass is 300 g/mol. The molecular formula is C20H28O2. The lowest BCUT2D eigenvalue weighted by Gasteiger charge is -2.54. The minimum atomic E-state index is -0.113. The molecule has 1 spiro atoms. The van der Waals surface area contributed by atoms with Crippen LogP contribution in [0, 0.1) is 22.7 Å². The van der Waals surface area contributed by atoms with Crippen molar-refractivity contribution in [1.82, 2.24) is 0 Å². The number of aliphatic hydroxyl groups is 1. The summed E-state index contributed by atoms with van der Waals surface area (Å²) in [4.78, 5) is 0. The van der Waals surface area contributed by atoms with E-state index in [4.69, 9.17) is 4.74 Å². The average molecular weight is 300 g/mol. The number of epoxide rings is 1. The Bertz CT molecular complexity index is 585. The topological polar surface area (TPSA) is 32.8 Å². The molecule has 2 nitrogen and oxygen atoms in total. The van der Waals surface area contributed by atoms with E-state index in [0.717, 1.165) is 31.8 Å². The molecule has 1 saturated heterocycles. The van der Waals surface area contributed by atoms with Gasteiger partial charge in [0.05, 0.1) is 18.3 Å². The summed E-state index contributed by atoms with van der Waals surface area (Å²) in [7, 11) is 0. The summed E-state index contributed by atoms with van der Waals surface area (Å²) >= 11 is 0. The minimum absolute atomic E-state index is 0.113. The number of fused-ring (bicyclic) bond motifs is 6. The zero-order valence-electron chi connectivity index (χ0n) is 13.9. The Hall–Kier alpha value is -0.600. The molecule has 5 aliphatic rings. The van der Waals surface area contributed by atoms with Crippen molar-refractivity contribution in [2.75, 3.05) is 6.61 Å². The molecule has 4 aliphatic carbocycles. The maximum absolute atomic E-state index is 10.0. The summed E-state index contributed by atoms with van der Waals surface area (Å²) in [6.45, 7) is 5.98. The fourth-order valence-corrected chi connectivity index (χ4v) is 6.64. The second-order valence-electron chi connectivity index (χ2n) is 9.06. The van der Waals surface area contributed by atoms with Crippen molar-refractivity contribution in [3.8, 4) is 0 Å². The van der Waals surface area contributed by atoms with Gasteiger partial charge >= 0.3 is 0 Å². The van der Waals surface area contributed by atoms with E-state index in [9.17, 15) is 5.11 Å². The van der Waals surface area contributed by atoms with E-state index < -0.39 is 0 Å². The van der Waals surface area contributed by atoms with Crippen molar-refractivity contribution < 1.29 is 9.84 Å². The molecule has 3 saturated carbocycles. The maximum Gasteiger partial charge on any atom is 0.0975 e. The largest absolute Gasteiger partial charge is 0.393 e. The minimum Gasteiger partial charge on any atom is -0.393 e. The molecule has 120 valence electrons. The summed E-state index contributed by atoms with van der Waals surface area (Å²) in [6, 6.07) is 0. The van der Waals surface area contributed by atoms with Gasteiger partial charge in [0, 0.05) is 5.41 Å². The van der Waals surface area contributed by atoms with Crippen LogP contribution in [0.2, 0.25) is 0 Å². The molecule has 5 rings (SSSR count). The van der Waals surface area contributed by atoms with Gasteiger partial charge in [0.1, 0.15) is 0 Å². The van der Waals surface area contributed by atoms with Crippen molar-refractivity contribution in [3.63, 3.8) is 0 Å². The highest BCUT2D eigenvalue weighted by atomic mass is 16.6. The summed E-state index contributed by atoms with van der Waals surface area (Å²) < 4.78 is 5.98. The van der Waals surface area contributed by atoms with Crippen molar-refractivity contribution in [1.29, 1.82) is 0 Å². The van der Waals surface area contributed by atoms with E-state index in [2.05, 4.69) is 26.0 Å². The summed E-state index contributed by atoms with van der Waals surface area (Å²) in [6.07, 6.45) is 13.0. The molecule has 0 aromatic heterocycles. The zero-order valence-corrected chi connectivity index (χ0v) is 13.9. The molecule has 0 radical (unpaired) electrons. The van der Waals surface area contributed by atoms with Gasteiger partial charge in [-0.3, -0.25) is 0 Å². The molecule has 1 N–H and O–H groups in total. The molecule has 22 heavy (non-hydrogen) atoms.